The Hall–Kier alpha value is -2.29. The number of carbonyl (C=O) groups is 3. The Labute approximate surface area is 234 Å². The van der Waals surface area contributed by atoms with Gasteiger partial charge in [-0.15, -0.1) is 24.9 Å². The van der Waals surface area contributed by atoms with Crippen molar-refractivity contribution in [2.75, 3.05) is 31.2 Å². The fourth-order valence-electron chi connectivity index (χ4n) is 6.41. The first-order valence-electron chi connectivity index (χ1n) is 13.3. The number of rotatable bonds is 13. The van der Waals surface area contributed by atoms with Crippen LogP contribution in [-0.2, 0) is 19.1 Å². The Balaban J connectivity index is 1.71. The largest absolute Gasteiger partial charge is 0.465 e. The minimum Gasteiger partial charge on any atom is -0.465 e. The standard InChI is InChI=1S/C29H37ClN2O5S/c1-4-6-9-19-37-27(36)23-22-25(34)32(17-7-8-18-33)24(29(22)15-14-28(23,3)38-29)26(35)31(16-5-2)21-12-10-20(30)11-13-21/h4-5,10-13,22-24,33H,1-2,6-9,14-19H2,3H3/t22-,23-,24?,28+,29?/m0/s1. The average molecular weight is 561 g/mol. The van der Waals surface area contributed by atoms with Gasteiger partial charge in [0.25, 0.3) is 5.91 Å². The van der Waals surface area contributed by atoms with Crippen LogP contribution in [0.4, 0.5) is 5.69 Å². The second-order valence-electron chi connectivity index (χ2n) is 10.5. The van der Waals surface area contributed by atoms with E-state index in [2.05, 4.69) is 13.2 Å². The van der Waals surface area contributed by atoms with Gasteiger partial charge in [-0.2, -0.15) is 0 Å². The van der Waals surface area contributed by atoms with E-state index in [9.17, 15) is 19.5 Å². The second kappa shape index (κ2) is 11.8. The molecule has 3 heterocycles. The first-order chi connectivity index (χ1) is 18.2. The van der Waals surface area contributed by atoms with Crippen LogP contribution in [0, 0.1) is 11.8 Å². The molecule has 1 N–H and O–H groups in total. The first kappa shape index (κ1) is 28.7. The van der Waals surface area contributed by atoms with Crippen molar-refractivity contribution in [3.8, 4) is 0 Å². The number of anilines is 1. The molecule has 5 atom stereocenters. The second-order valence-corrected chi connectivity index (χ2v) is 12.8. The van der Waals surface area contributed by atoms with Gasteiger partial charge in [0.2, 0.25) is 5.91 Å². The van der Waals surface area contributed by atoms with E-state index >= 15 is 0 Å². The molecule has 1 spiro atoms. The number of allylic oxidation sites excluding steroid dienone is 1. The summed E-state index contributed by atoms with van der Waals surface area (Å²) in [7, 11) is 0. The number of hydrogen-bond acceptors (Lipinski definition) is 6. The number of ether oxygens (including phenoxy) is 1. The smallest absolute Gasteiger partial charge is 0.311 e. The molecule has 0 aliphatic carbocycles. The lowest BCUT2D eigenvalue weighted by molar-refractivity contribution is -0.155. The summed E-state index contributed by atoms with van der Waals surface area (Å²) in [4.78, 5) is 45.3. The van der Waals surface area contributed by atoms with Gasteiger partial charge in [0.05, 0.1) is 23.2 Å². The Kier molecular flexibility index (Phi) is 8.95. The molecular formula is C29H37ClN2O5S. The SMILES string of the molecule is C=CCCCOC(=O)[C@@H]1[C@H]2C(=O)N(CCCCO)C(C(=O)N(CC=C)c3ccc(Cl)cc3)C23CC[C@@]1(C)S3. The van der Waals surface area contributed by atoms with Crippen molar-refractivity contribution in [1.82, 2.24) is 4.90 Å². The lowest BCUT2D eigenvalue weighted by Crippen LogP contribution is -2.55. The molecule has 2 unspecified atom stereocenters. The van der Waals surface area contributed by atoms with Crippen LogP contribution < -0.4 is 4.90 Å². The van der Waals surface area contributed by atoms with Crippen LogP contribution in [-0.4, -0.2) is 69.6 Å². The van der Waals surface area contributed by atoms with E-state index in [-0.39, 0.29) is 37.5 Å². The third-order valence-corrected chi connectivity index (χ3v) is 10.3. The summed E-state index contributed by atoms with van der Waals surface area (Å²) in [6.45, 7) is 10.5. The third kappa shape index (κ3) is 5.03. The predicted molar refractivity (Wildman–Crippen MR) is 151 cm³/mol. The van der Waals surface area contributed by atoms with E-state index in [0.29, 0.717) is 42.9 Å². The number of benzene rings is 1. The van der Waals surface area contributed by atoms with Gasteiger partial charge in [0, 0.05) is 35.2 Å². The van der Waals surface area contributed by atoms with Gasteiger partial charge in [0.1, 0.15) is 6.04 Å². The van der Waals surface area contributed by atoms with E-state index in [0.717, 1.165) is 12.8 Å². The van der Waals surface area contributed by atoms with Gasteiger partial charge in [-0.05, 0) is 69.7 Å². The van der Waals surface area contributed by atoms with E-state index < -0.39 is 27.4 Å². The highest BCUT2D eigenvalue weighted by Crippen LogP contribution is 2.71. The molecule has 0 radical (unpaired) electrons. The highest BCUT2D eigenvalue weighted by atomic mass is 35.5. The number of hydrogen-bond donors (Lipinski definition) is 1. The molecule has 0 aromatic heterocycles. The summed E-state index contributed by atoms with van der Waals surface area (Å²) in [5, 5.41) is 9.94. The normalized spacial score (nSPS) is 29.3. The molecule has 2 bridgehead atoms. The summed E-state index contributed by atoms with van der Waals surface area (Å²) < 4.78 is 4.47. The molecule has 1 aromatic rings. The van der Waals surface area contributed by atoms with E-state index in [1.807, 2.05) is 6.92 Å². The minimum atomic E-state index is -0.736. The van der Waals surface area contributed by atoms with Crippen molar-refractivity contribution in [2.24, 2.45) is 11.8 Å². The van der Waals surface area contributed by atoms with Crippen molar-refractivity contribution in [3.63, 3.8) is 0 Å². The number of esters is 1. The molecule has 2 amide bonds. The maximum Gasteiger partial charge on any atom is 0.311 e. The predicted octanol–water partition coefficient (Wildman–Crippen LogP) is 4.62. The lowest BCUT2D eigenvalue weighted by atomic mass is 9.66. The van der Waals surface area contributed by atoms with Crippen molar-refractivity contribution in [2.45, 2.75) is 61.0 Å². The number of aliphatic hydroxyl groups is 1. The fraction of sp³-hybridized carbons (Fsp3) is 0.552. The Morgan fingerprint density at radius 3 is 2.61 bits per heavy atom. The van der Waals surface area contributed by atoms with E-state index in [1.165, 1.54) is 0 Å². The Morgan fingerprint density at radius 2 is 1.95 bits per heavy atom. The van der Waals surface area contributed by atoms with Crippen molar-refractivity contribution >= 4 is 46.8 Å². The molecular weight excluding hydrogens is 524 g/mol. The van der Waals surface area contributed by atoms with Crippen molar-refractivity contribution < 1.29 is 24.2 Å². The van der Waals surface area contributed by atoms with Gasteiger partial charge < -0.3 is 19.6 Å². The average Bonchev–Trinajstić information content (AvgIpc) is 3.46. The number of nitrogens with zero attached hydrogens (tertiary/aromatic N) is 2. The number of amides is 2. The van der Waals surface area contributed by atoms with Gasteiger partial charge in [-0.3, -0.25) is 14.4 Å². The van der Waals surface area contributed by atoms with Crippen LogP contribution in [0.1, 0.15) is 45.4 Å². The van der Waals surface area contributed by atoms with Crippen molar-refractivity contribution in [1.29, 1.82) is 0 Å². The fourth-order valence-corrected chi connectivity index (χ4v) is 8.87. The number of aliphatic hydroxyl groups excluding tert-OH is 1. The number of halogens is 1. The lowest BCUT2D eigenvalue weighted by Gasteiger charge is -2.37. The molecule has 38 heavy (non-hydrogen) atoms. The molecule has 3 aliphatic rings. The number of unbranched alkanes of at least 4 members (excludes halogenated alkanes) is 2. The quantitative estimate of drug-likeness (QED) is 0.215. The molecule has 4 rings (SSSR count). The van der Waals surface area contributed by atoms with E-state index in [1.54, 1.807) is 58.0 Å². The maximum atomic E-state index is 14.4. The molecule has 9 heteroatoms. The maximum absolute atomic E-state index is 14.4. The molecule has 1 aromatic carbocycles. The van der Waals surface area contributed by atoms with Crippen LogP contribution >= 0.6 is 23.4 Å². The Morgan fingerprint density at radius 1 is 1.21 bits per heavy atom. The molecule has 3 fully saturated rings. The van der Waals surface area contributed by atoms with Crippen LogP contribution in [0.15, 0.2) is 49.6 Å². The summed E-state index contributed by atoms with van der Waals surface area (Å²) >= 11 is 7.73. The molecule has 3 saturated heterocycles. The van der Waals surface area contributed by atoms with Gasteiger partial charge in [0.15, 0.2) is 0 Å². The zero-order valence-corrected chi connectivity index (χ0v) is 23.5. The topological polar surface area (TPSA) is 87.1 Å². The molecule has 0 saturated carbocycles. The van der Waals surface area contributed by atoms with E-state index in [4.69, 9.17) is 16.3 Å². The van der Waals surface area contributed by atoms with Crippen LogP contribution in [0.3, 0.4) is 0 Å². The van der Waals surface area contributed by atoms with Crippen molar-refractivity contribution in [3.05, 3.63) is 54.6 Å². The monoisotopic (exact) mass is 560 g/mol. The number of fused-ring (bicyclic) bond motifs is 1. The summed E-state index contributed by atoms with van der Waals surface area (Å²) in [6, 6.07) is 6.30. The zero-order chi connectivity index (χ0) is 27.5. The molecule has 3 aliphatic heterocycles. The van der Waals surface area contributed by atoms with Crippen LogP contribution in [0.5, 0.6) is 0 Å². The van der Waals surface area contributed by atoms with Gasteiger partial charge in [-0.1, -0.05) is 23.8 Å². The van der Waals surface area contributed by atoms with Gasteiger partial charge >= 0.3 is 5.97 Å². The number of thioether (sulfide) groups is 1. The number of carbonyl (C=O) groups excluding carboxylic acids is 3. The minimum absolute atomic E-state index is 0.00899. The van der Waals surface area contributed by atoms with Crippen LogP contribution in [0.25, 0.3) is 0 Å². The van der Waals surface area contributed by atoms with Crippen LogP contribution in [0.2, 0.25) is 5.02 Å². The highest BCUT2D eigenvalue weighted by Gasteiger charge is 2.77. The first-order valence-corrected chi connectivity index (χ1v) is 14.5. The van der Waals surface area contributed by atoms with Gasteiger partial charge in [-0.25, -0.2) is 0 Å². The molecule has 206 valence electrons. The third-order valence-electron chi connectivity index (χ3n) is 8.08. The molecule has 7 nitrogen and oxygen atoms in total. The zero-order valence-electron chi connectivity index (χ0n) is 21.9. The summed E-state index contributed by atoms with van der Waals surface area (Å²) in [6.07, 6.45) is 7.36. The number of likely N-dealkylation sites (tertiary alicyclic amines) is 1. The highest BCUT2D eigenvalue weighted by molar-refractivity contribution is 8.02. The summed E-state index contributed by atoms with van der Waals surface area (Å²) in [5.41, 5.74) is 0.670. The Bertz CT molecular complexity index is 1080. The summed E-state index contributed by atoms with van der Waals surface area (Å²) in [5.74, 6) is -1.95.